The zero-order valence-electron chi connectivity index (χ0n) is 13.9. The third-order valence-electron chi connectivity index (χ3n) is 3.91. The summed E-state index contributed by atoms with van der Waals surface area (Å²) >= 11 is 1.32. The molecule has 0 bridgehead atoms. The molecule has 0 radical (unpaired) electrons. The molecule has 2 aromatic heterocycles. The van der Waals surface area contributed by atoms with Crippen LogP contribution in [0, 0.1) is 13.8 Å². The Morgan fingerprint density at radius 3 is 2.88 bits per heavy atom. The van der Waals surface area contributed by atoms with Gasteiger partial charge in [-0.05, 0) is 49.6 Å². The van der Waals surface area contributed by atoms with Crippen molar-refractivity contribution < 1.29 is 9.21 Å². The van der Waals surface area contributed by atoms with Crippen LogP contribution in [0.1, 0.15) is 24.5 Å². The lowest BCUT2D eigenvalue weighted by atomic mass is 10.1. The van der Waals surface area contributed by atoms with E-state index < -0.39 is 0 Å². The number of carbonyl (C=O) groups excluding carboxylic acids is 1. The highest BCUT2D eigenvalue weighted by atomic mass is 32.2. The van der Waals surface area contributed by atoms with Crippen molar-refractivity contribution in [2.45, 2.75) is 37.7 Å². The number of anilines is 1. The van der Waals surface area contributed by atoms with Crippen molar-refractivity contribution in [2.75, 3.05) is 5.32 Å². The summed E-state index contributed by atoms with van der Waals surface area (Å²) in [4.78, 5) is 21.1. The number of hydrogen-bond acceptors (Lipinski definition) is 5. The predicted octanol–water partition coefficient (Wildman–Crippen LogP) is 4.35. The molecule has 0 aliphatic heterocycles. The first-order chi connectivity index (χ1) is 11.6. The standard InChI is InChI=1S/C18H19N3O2S/c1-4-15(17(22)20-13-8-5-7-11(2)12(13)3)24-18-21-16-14(23-18)9-6-10-19-16/h5-10,15H,4H2,1-3H3,(H,20,22)/t15-/m0/s1. The van der Waals surface area contributed by atoms with E-state index in [-0.39, 0.29) is 11.2 Å². The van der Waals surface area contributed by atoms with Crippen LogP contribution in [0.2, 0.25) is 0 Å². The third-order valence-corrected chi connectivity index (χ3v) is 5.12. The Hall–Kier alpha value is -2.34. The van der Waals surface area contributed by atoms with Gasteiger partial charge in [-0.25, -0.2) is 4.98 Å². The fraction of sp³-hybridized carbons (Fsp3) is 0.278. The molecule has 124 valence electrons. The minimum Gasteiger partial charge on any atom is -0.430 e. The van der Waals surface area contributed by atoms with Gasteiger partial charge in [-0.3, -0.25) is 4.79 Å². The van der Waals surface area contributed by atoms with Crippen LogP contribution in [-0.4, -0.2) is 21.1 Å². The molecule has 1 amide bonds. The molecule has 2 heterocycles. The Labute approximate surface area is 144 Å². The molecule has 1 aromatic carbocycles. The number of aromatic nitrogens is 2. The first kappa shape index (κ1) is 16.5. The number of oxazole rings is 1. The van der Waals surface area contributed by atoms with Gasteiger partial charge < -0.3 is 9.73 Å². The third kappa shape index (κ3) is 3.43. The second-order valence-electron chi connectivity index (χ2n) is 5.56. The lowest BCUT2D eigenvalue weighted by Gasteiger charge is -2.15. The number of carbonyl (C=O) groups is 1. The molecule has 5 nitrogen and oxygen atoms in total. The number of benzene rings is 1. The second-order valence-corrected chi connectivity index (χ2v) is 6.71. The van der Waals surface area contributed by atoms with Crippen molar-refractivity contribution in [3.05, 3.63) is 47.7 Å². The summed E-state index contributed by atoms with van der Waals surface area (Å²) in [6, 6.07) is 9.50. The van der Waals surface area contributed by atoms with Crippen LogP contribution in [-0.2, 0) is 4.79 Å². The van der Waals surface area contributed by atoms with Gasteiger partial charge in [-0.1, -0.05) is 30.8 Å². The van der Waals surface area contributed by atoms with Crippen LogP contribution in [0.25, 0.3) is 11.2 Å². The maximum Gasteiger partial charge on any atom is 0.259 e. The van der Waals surface area contributed by atoms with Gasteiger partial charge in [0.1, 0.15) is 0 Å². The fourth-order valence-corrected chi connectivity index (χ4v) is 3.20. The van der Waals surface area contributed by atoms with Gasteiger partial charge in [0.2, 0.25) is 5.91 Å². The van der Waals surface area contributed by atoms with Crippen molar-refractivity contribution in [2.24, 2.45) is 0 Å². The van der Waals surface area contributed by atoms with E-state index in [4.69, 9.17) is 4.42 Å². The molecule has 6 heteroatoms. The number of rotatable bonds is 5. The fourth-order valence-electron chi connectivity index (χ4n) is 2.34. The van der Waals surface area contributed by atoms with Crippen LogP contribution in [0.3, 0.4) is 0 Å². The van der Waals surface area contributed by atoms with Crippen molar-refractivity contribution in [1.29, 1.82) is 0 Å². The van der Waals surface area contributed by atoms with Gasteiger partial charge in [0.05, 0.1) is 5.25 Å². The Morgan fingerprint density at radius 2 is 2.12 bits per heavy atom. The molecule has 0 aliphatic carbocycles. The van der Waals surface area contributed by atoms with Crippen LogP contribution in [0.4, 0.5) is 5.69 Å². The molecule has 3 rings (SSSR count). The largest absolute Gasteiger partial charge is 0.430 e. The summed E-state index contributed by atoms with van der Waals surface area (Å²) in [5, 5.41) is 3.20. The van der Waals surface area contributed by atoms with E-state index in [9.17, 15) is 4.79 Å². The number of thioether (sulfide) groups is 1. The van der Waals surface area contributed by atoms with Crippen LogP contribution < -0.4 is 5.32 Å². The second kappa shape index (κ2) is 7.05. The summed E-state index contributed by atoms with van der Waals surface area (Å²) in [5.74, 6) is -0.0496. The van der Waals surface area contributed by atoms with E-state index in [1.807, 2.05) is 45.0 Å². The smallest absolute Gasteiger partial charge is 0.259 e. The number of pyridine rings is 1. The molecule has 0 fully saturated rings. The molecule has 0 spiro atoms. The highest BCUT2D eigenvalue weighted by Crippen LogP contribution is 2.29. The van der Waals surface area contributed by atoms with Crippen molar-refractivity contribution in [3.63, 3.8) is 0 Å². The quantitative estimate of drug-likeness (QED) is 0.699. The molecule has 0 unspecified atom stereocenters. The Kier molecular flexibility index (Phi) is 4.85. The summed E-state index contributed by atoms with van der Waals surface area (Å²) in [6.45, 7) is 6.01. The monoisotopic (exact) mass is 341 g/mol. The number of nitrogens with one attached hydrogen (secondary N) is 1. The first-order valence-electron chi connectivity index (χ1n) is 7.83. The van der Waals surface area contributed by atoms with Gasteiger partial charge in [0.15, 0.2) is 11.2 Å². The average molecular weight is 341 g/mol. The SMILES string of the molecule is CC[C@H](Sc1nc2ncccc2o1)C(=O)Nc1cccc(C)c1C. The lowest BCUT2D eigenvalue weighted by molar-refractivity contribution is -0.115. The maximum atomic E-state index is 12.6. The van der Waals surface area contributed by atoms with Crippen LogP contribution >= 0.6 is 11.8 Å². The van der Waals surface area contributed by atoms with E-state index in [0.717, 1.165) is 16.8 Å². The van der Waals surface area contributed by atoms with Gasteiger partial charge >= 0.3 is 0 Å². The van der Waals surface area contributed by atoms with E-state index in [0.29, 0.717) is 22.9 Å². The normalized spacial score (nSPS) is 12.3. The first-order valence-corrected chi connectivity index (χ1v) is 8.71. The molecular weight excluding hydrogens is 322 g/mol. The molecule has 0 saturated carbocycles. The predicted molar refractivity (Wildman–Crippen MR) is 96.3 cm³/mol. The van der Waals surface area contributed by atoms with Crippen molar-refractivity contribution >= 4 is 34.6 Å². The van der Waals surface area contributed by atoms with Crippen molar-refractivity contribution in [3.8, 4) is 0 Å². The molecule has 0 saturated heterocycles. The summed E-state index contributed by atoms with van der Waals surface area (Å²) in [5.41, 5.74) is 4.27. The molecule has 1 atom stereocenters. The minimum absolute atomic E-state index is 0.0496. The Bertz CT molecular complexity index is 843. The molecular formula is C18H19N3O2S. The highest BCUT2D eigenvalue weighted by Gasteiger charge is 2.22. The molecule has 1 N–H and O–H groups in total. The Balaban J connectivity index is 1.75. The average Bonchev–Trinajstić information content (AvgIpc) is 2.99. The maximum absolute atomic E-state index is 12.6. The number of amides is 1. The van der Waals surface area contributed by atoms with Crippen LogP contribution in [0.5, 0.6) is 0 Å². The topological polar surface area (TPSA) is 68.0 Å². The summed E-state index contributed by atoms with van der Waals surface area (Å²) in [6.07, 6.45) is 2.34. The Morgan fingerprint density at radius 1 is 1.29 bits per heavy atom. The van der Waals surface area contributed by atoms with Gasteiger partial charge in [0.25, 0.3) is 5.22 Å². The van der Waals surface area contributed by atoms with Crippen LogP contribution in [0.15, 0.2) is 46.2 Å². The van der Waals surface area contributed by atoms with Gasteiger partial charge in [-0.2, -0.15) is 4.98 Å². The summed E-state index contributed by atoms with van der Waals surface area (Å²) in [7, 11) is 0. The zero-order valence-corrected chi connectivity index (χ0v) is 14.7. The van der Waals surface area contributed by atoms with Gasteiger partial charge in [0, 0.05) is 11.9 Å². The van der Waals surface area contributed by atoms with E-state index in [1.165, 1.54) is 11.8 Å². The molecule has 3 aromatic rings. The number of aryl methyl sites for hydroxylation is 1. The van der Waals surface area contributed by atoms with Crippen molar-refractivity contribution in [1.82, 2.24) is 9.97 Å². The minimum atomic E-state index is -0.280. The summed E-state index contributed by atoms with van der Waals surface area (Å²) < 4.78 is 5.65. The van der Waals surface area contributed by atoms with E-state index >= 15 is 0 Å². The molecule has 0 aliphatic rings. The van der Waals surface area contributed by atoms with E-state index in [2.05, 4.69) is 15.3 Å². The zero-order chi connectivity index (χ0) is 17.1. The molecule has 24 heavy (non-hydrogen) atoms. The number of fused-ring (bicyclic) bond motifs is 1. The lowest BCUT2D eigenvalue weighted by Crippen LogP contribution is -2.25. The number of hydrogen-bond donors (Lipinski definition) is 1. The number of nitrogens with zero attached hydrogens (tertiary/aromatic N) is 2. The van der Waals surface area contributed by atoms with Gasteiger partial charge in [-0.15, -0.1) is 0 Å². The highest BCUT2D eigenvalue weighted by molar-refractivity contribution is 8.00. The van der Waals surface area contributed by atoms with E-state index in [1.54, 1.807) is 12.3 Å².